The maximum atomic E-state index is 11.9. The standard InChI is InChI=1S/C13H15N3O2/c1-8-3-5-14-11(7-8)12-15-9(2)10(4-6-17)13(18)16-12/h3,5,7,17H,4,6H2,1-2H3,(H,15,16,18). The fourth-order valence-electron chi connectivity index (χ4n) is 1.80. The summed E-state index contributed by atoms with van der Waals surface area (Å²) in [4.78, 5) is 23.1. The Bertz CT molecular complexity index is 620. The quantitative estimate of drug-likeness (QED) is 0.845. The molecular weight excluding hydrogens is 230 g/mol. The largest absolute Gasteiger partial charge is 0.396 e. The van der Waals surface area contributed by atoms with E-state index in [1.165, 1.54) is 0 Å². The SMILES string of the molecule is Cc1ccnc(-c2nc(C)c(CCO)c(=O)[nH]2)c1. The zero-order valence-corrected chi connectivity index (χ0v) is 10.4. The van der Waals surface area contributed by atoms with Gasteiger partial charge in [0.25, 0.3) is 5.56 Å². The molecule has 0 bridgehead atoms. The van der Waals surface area contributed by atoms with Crippen molar-refractivity contribution in [2.75, 3.05) is 6.61 Å². The average Bonchev–Trinajstić information content (AvgIpc) is 2.33. The summed E-state index contributed by atoms with van der Waals surface area (Å²) < 4.78 is 0. The number of nitrogens with one attached hydrogen (secondary N) is 1. The predicted molar refractivity (Wildman–Crippen MR) is 68.4 cm³/mol. The van der Waals surface area contributed by atoms with Gasteiger partial charge in [-0.1, -0.05) is 0 Å². The van der Waals surface area contributed by atoms with Crippen molar-refractivity contribution in [2.45, 2.75) is 20.3 Å². The zero-order valence-electron chi connectivity index (χ0n) is 10.4. The Hall–Kier alpha value is -2.01. The first kappa shape index (κ1) is 12.4. The summed E-state index contributed by atoms with van der Waals surface area (Å²) in [5.74, 6) is 0.461. The molecule has 2 aromatic rings. The van der Waals surface area contributed by atoms with Crippen LogP contribution in [0.4, 0.5) is 0 Å². The van der Waals surface area contributed by atoms with Gasteiger partial charge in [0.05, 0.1) is 0 Å². The van der Waals surface area contributed by atoms with Crippen LogP contribution in [0.2, 0.25) is 0 Å². The van der Waals surface area contributed by atoms with Gasteiger partial charge >= 0.3 is 0 Å². The zero-order chi connectivity index (χ0) is 13.1. The molecule has 0 saturated heterocycles. The highest BCUT2D eigenvalue weighted by Gasteiger charge is 2.09. The van der Waals surface area contributed by atoms with Crippen molar-refractivity contribution < 1.29 is 5.11 Å². The lowest BCUT2D eigenvalue weighted by atomic mass is 10.1. The topological polar surface area (TPSA) is 78.9 Å². The molecule has 18 heavy (non-hydrogen) atoms. The molecule has 2 N–H and O–H groups in total. The van der Waals surface area contributed by atoms with Crippen molar-refractivity contribution in [3.63, 3.8) is 0 Å². The van der Waals surface area contributed by atoms with E-state index in [1.807, 2.05) is 19.1 Å². The normalized spacial score (nSPS) is 10.6. The fraction of sp³-hybridized carbons (Fsp3) is 0.308. The molecular formula is C13H15N3O2. The van der Waals surface area contributed by atoms with Gasteiger partial charge in [-0.2, -0.15) is 0 Å². The van der Waals surface area contributed by atoms with Crippen molar-refractivity contribution in [2.24, 2.45) is 0 Å². The number of H-pyrrole nitrogens is 1. The van der Waals surface area contributed by atoms with Crippen LogP contribution in [0.3, 0.4) is 0 Å². The summed E-state index contributed by atoms with van der Waals surface area (Å²) in [6.07, 6.45) is 2.00. The molecule has 5 nitrogen and oxygen atoms in total. The Morgan fingerprint density at radius 1 is 1.39 bits per heavy atom. The van der Waals surface area contributed by atoms with E-state index in [1.54, 1.807) is 13.1 Å². The Morgan fingerprint density at radius 3 is 2.78 bits per heavy atom. The number of aliphatic hydroxyl groups is 1. The summed E-state index contributed by atoms with van der Waals surface area (Å²) in [6.45, 7) is 3.66. The first-order chi connectivity index (χ1) is 8.61. The van der Waals surface area contributed by atoms with E-state index in [-0.39, 0.29) is 12.2 Å². The van der Waals surface area contributed by atoms with Gasteiger partial charge in [-0.05, 0) is 31.5 Å². The third kappa shape index (κ3) is 2.46. The molecule has 0 atom stereocenters. The number of aromatic amines is 1. The van der Waals surface area contributed by atoms with Gasteiger partial charge in [0.15, 0.2) is 5.82 Å². The van der Waals surface area contributed by atoms with Crippen LogP contribution in [0.15, 0.2) is 23.1 Å². The lowest BCUT2D eigenvalue weighted by Crippen LogP contribution is -2.18. The number of nitrogens with zero attached hydrogens (tertiary/aromatic N) is 2. The van der Waals surface area contributed by atoms with Crippen LogP contribution in [0.1, 0.15) is 16.8 Å². The second-order valence-corrected chi connectivity index (χ2v) is 4.17. The predicted octanol–water partition coefficient (Wildman–Crippen LogP) is 0.984. The first-order valence-electron chi connectivity index (χ1n) is 5.75. The van der Waals surface area contributed by atoms with Gasteiger partial charge in [0.2, 0.25) is 0 Å². The second-order valence-electron chi connectivity index (χ2n) is 4.17. The van der Waals surface area contributed by atoms with Crippen molar-refractivity contribution in [3.8, 4) is 11.5 Å². The second kappa shape index (κ2) is 5.10. The van der Waals surface area contributed by atoms with E-state index in [2.05, 4.69) is 15.0 Å². The summed E-state index contributed by atoms with van der Waals surface area (Å²) in [5.41, 5.74) is 2.64. The van der Waals surface area contributed by atoms with E-state index >= 15 is 0 Å². The average molecular weight is 245 g/mol. The molecule has 0 aliphatic heterocycles. The highest BCUT2D eigenvalue weighted by atomic mass is 16.3. The van der Waals surface area contributed by atoms with E-state index < -0.39 is 0 Å². The molecule has 0 unspecified atom stereocenters. The van der Waals surface area contributed by atoms with Crippen LogP contribution >= 0.6 is 0 Å². The van der Waals surface area contributed by atoms with Crippen molar-refractivity contribution in [1.29, 1.82) is 0 Å². The monoisotopic (exact) mass is 245 g/mol. The van der Waals surface area contributed by atoms with Crippen LogP contribution in [-0.2, 0) is 6.42 Å². The minimum atomic E-state index is -0.213. The summed E-state index contributed by atoms with van der Waals surface area (Å²) >= 11 is 0. The number of hydrogen-bond donors (Lipinski definition) is 2. The Morgan fingerprint density at radius 2 is 2.17 bits per heavy atom. The highest BCUT2D eigenvalue weighted by Crippen LogP contribution is 2.13. The summed E-state index contributed by atoms with van der Waals surface area (Å²) in [7, 11) is 0. The third-order valence-electron chi connectivity index (χ3n) is 2.74. The van der Waals surface area contributed by atoms with Crippen molar-refractivity contribution in [1.82, 2.24) is 15.0 Å². The number of rotatable bonds is 3. The molecule has 0 radical (unpaired) electrons. The van der Waals surface area contributed by atoms with Crippen LogP contribution in [0.5, 0.6) is 0 Å². The van der Waals surface area contributed by atoms with Crippen LogP contribution in [-0.4, -0.2) is 26.7 Å². The van der Waals surface area contributed by atoms with E-state index in [9.17, 15) is 4.79 Å². The van der Waals surface area contributed by atoms with Crippen LogP contribution < -0.4 is 5.56 Å². The minimum absolute atomic E-state index is 0.0619. The molecule has 0 aromatic carbocycles. The molecule has 0 aliphatic rings. The molecule has 2 aromatic heterocycles. The molecule has 0 aliphatic carbocycles. The minimum Gasteiger partial charge on any atom is -0.396 e. The van der Waals surface area contributed by atoms with Gasteiger partial charge in [0.1, 0.15) is 5.69 Å². The molecule has 2 rings (SSSR count). The maximum absolute atomic E-state index is 11.9. The van der Waals surface area contributed by atoms with Gasteiger partial charge < -0.3 is 10.1 Å². The highest BCUT2D eigenvalue weighted by molar-refractivity contribution is 5.50. The molecule has 0 amide bonds. The number of pyridine rings is 1. The van der Waals surface area contributed by atoms with Gasteiger partial charge in [0, 0.05) is 30.5 Å². The summed E-state index contributed by atoms with van der Waals surface area (Å²) in [5, 5.41) is 8.90. The van der Waals surface area contributed by atoms with E-state index in [4.69, 9.17) is 5.11 Å². The Kier molecular flexibility index (Phi) is 3.53. The molecule has 2 heterocycles. The molecule has 0 saturated carbocycles. The van der Waals surface area contributed by atoms with Crippen LogP contribution in [0, 0.1) is 13.8 Å². The van der Waals surface area contributed by atoms with E-state index in [0.717, 1.165) is 5.56 Å². The van der Waals surface area contributed by atoms with Gasteiger partial charge in [-0.15, -0.1) is 0 Å². The van der Waals surface area contributed by atoms with Crippen molar-refractivity contribution >= 4 is 0 Å². The third-order valence-corrected chi connectivity index (χ3v) is 2.74. The molecule has 0 spiro atoms. The number of aliphatic hydroxyl groups excluding tert-OH is 1. The molecule has 94 valence electrons. The van der Waals surface area contributed by atoms with Gasteiger partial charge in [-0.25, -0.2) is 4.98 Å². The Labute approximate surface area is 105 Å². The fourth-order valence-corrected chi connectivity index (χ4v) is 1.80. The first-order valence-corrected chi connectivity index (χ1v) is 5.75. The maximum Gasteiger partial charge on any atom is 0.254 e. The summed E-state index contributed by atoms with van der Waals surface area (Å²) in [6, 6.07) is 3.75. The Balaban J connectivity index is 2.51. The number of aryl methyl sites for hydroxylation is 2. The van der Waals surface area contributed by atoms with E-state index in [0.29, 0.717) is 29.2 Å². The number of aromatic nitrogens is 3. The lowest BCUT2D eigenvalue weighted by molar-refractivity contribution is 0.298. The lowest BCUT2D eigenvalue weighted by Gasteiger charge is -2.06. The smallest absolute Gasteiger partial charge is 0.254 e. The van der Waals surface area contributed by atoms with Gasteiger partial charge in [-0.3, -0.25) is 9.78 Å². The number of hydrogen-bond acceptors (Lipinski definition) is 4. The van der Waals surface area contributed by atoms with Crippen molar-refractivity contribution in [3.05, 3.63) is 45.5 Å². The molecule has 5 heteroatoms. The molecule has 0 fully saturated rings. The van der Waals surface area contributed by atoms with Crippen LogP contribution in [0.25, 0.3) is 11.5 Å².